The molecule has 2 heterocycles. The van der Waals surface area contributed by atoms with E-state index in [0.717, 1.165) is 24.4 Å². The van der Waals surface area contributed by atoms with Gasteiger partial charge in [0.05, 0.1) is 5.92 Å². The first-order valence-electron chi connectivity index (χ1n) is 7.41. The Labute approximate surface area is 123 Å². The number of aryl methyl sites for hydroxylation is 1. The van der Waals surface area contributed by atoms with Crippen molar-refractivity contribution < 1.29 is 9.32 Å². The van der Waals surface area contributed by atoms with Gasteiger partial charge in [0.2, 0.25) is 11.8 Å². The predicted octanol–water partition coefficient (Wildman–Crippen LogP) is 2.78. The zero-order valence-corrected chi connectivity index (χ0v) is 12.0. The van der Waals surface area contributed by atoms with E-state index in [1.165, 1.54) is 5.56 Å². The third-order valence-electron chi connectivity index (χ3n) is 4.22. The van der Waals surface area contributed by atoms with Gasteiger partial charge in [-0.05, 0) is 31.9 Å². The third kappa shape index (κ3) is 2.33. The minimum atomic E-state index is 0.0128. The van der Waals surface area contributed by atoms with Gasteiger partial charge >= 0.3 is 0 Å². The second kappa shape index (κ2) is 4.69. The highest BCUT2D eigenvalue weighted by atomic mass is 16.5. The molecule has 0 spiro atoms. The summed E-state index contributed by atoms with van der Waals surface area (Å²) >= 11 is 0. The number of hydrogen-bond acceptors (Lipinski definition) is 4. The van der Waals surface area contributed by atoms with Crippen molar-refractivity contribution in [3.63, 3.8) is 0 Å². The maximum atomic E-state index is 12.2. The molecular formula is C16H17N3O2. The molecule has 0 bridgehead atoms. The standard InChI is InChI=1S/C16H17N3O2/c1-10-2-6-13(7-3-10)19-9-12(8-14(19)20)16-17-15(18-21-16)11-4-5-11/h2-3,6-7,11-12H,4-5,8-9H2,1H3/t12-/m0/s1. The first-order valence-corrected chi connectivity index (χ1v) is 7.41. The van der Waals surface area contributed by atoms with Gasteiger partial charge in [-0.25, -0.2) is 0 Å². The van der Waals surface area contributed by atoms with Crippen LogP contribution in [0.25, 0.3) is 0 Å². The van der Waals surface area contributed by atoms with Crippen LogP contribution in [0.5, 0.6) is 0 Å². The third-order valence-corrected chi connectivity index (χ3v) is 4.22. The molecule has 21 heavy (non-hydrogen) atoms. The van der Waals surface area contributed by atoms with Crippen molar-refractivity contribution >= 4 is 11.6 Å². The lowest BCUT2D eigenvalue weighted by molar-refractivity contribution is -0.117. The van der Waals surface area contributed by atoms with Crippen LogP contribution in [0.15, 0.2) is 28.8 Å². The van der Waals surface area contributed by atoms with E-state index < -0.39 is 0 Å². The zero-order valence-electron chi connectivity index (χ0n) is 12.0. The molecular weight excluding hydrogens is 266 g/mol. The van der Waals surface area contributed by atoms with Crippen LogP contribution in [-0.2, 0) is 4.79 Å². The van der Waals surface area contributed by atoms with Crippen LogP contribution in [0.3, 0.4) is 0 Å². The Hall–Kier alpha value is -2.17. The number of anilines is 1. The van der Waals surface area contributed by atoms with Crippen LogP contribution >= 0.6 is 0 Å². The molecule has 2 aliphatic rings. The van der Waals surface area contributed by atoms with E-state index >= 15 is 0 Å². The summed E-state index contributed by atoms with van der Waals surface area (Å²) in [6.45, 7) is 2.66. The average molecular weight is 283 g/mol. The molecule has 1 amide bonds. The number of hydrogen-bond donors (Lipinski definition) is 0. The molecule has 1 atom stereocenters. The molecule has 1 aliphatic heterocycles. The van der Waals surface area contributed by atoms with Crippen molar-refractivity contribution in [1.82, 2.24) is 10.1 Å². The van der Waals surface area contributed by atoms with Crippen LogP contribution in [0.1, 0.15) is 48.4 Å². The molecule has 5 nitrogen and oxygen atoms in total. The molecule has 5 heteroatoms. The maximum absolute atomic E-state index is 12.2. The smallest absolute Gasteiger partial charge is 0.232 e. The molecule has 0 unspecified atom stereocenters. The largest absolute Gasteiger partial charge is 0.339 e. The highest BCUT2D eigenvalue weighted by Gasteiger charge is 2.36. The molecule has 0 radical (unpaired) electrons. The normalized spacial score (nSPS) is 22.0. The molecule has 2 fully saturated rings. The lowest BCUT2D eigenvalue weighted by atomic mass is 10.1. The maximum Gasteiger partial charge on any atom is 0.232 e. The molecule has 0 N–H and O–H groups in total. The molecule has 1 aromatic heterocycles. The van der Waals surface area contributed by atoms with Gasteiger partial charge < -0.3 is 9.42 Å². The highest BCUT2D eigenvalue weighted by molar-refractivity contribution is 5.96. The lowest BCUT2D eigenvalue weighted by Gasteiger charge is -2.16. The molecule has 2 aromatic rings. The predicted molar refractivity (Wildman–Crippen MR) is 77.2 cm³/mol. The first kappa shape index (κ1) is 12.6. The van der Waals surface area contributed by atoms with E-state index in [-0.39, 0.29) is 11.8 Å². The number of carbonyl (C=O) groups excluding carboxylic acids is 1. The number of aromatic nitrogens is 2. The van der Waals surface area contributed by atoms with Crippen molar-refractivity contribution in [2.24, 2.45) is 0 Å². The SMILES string of the molecule is Cc1ccc(N2C[C@@H](c3nc(C4CC4)no3)CC2=O)cc1. The Morgan fingerprint density at radius 2 is 1.95 bits per heavy atom. The molecule has 4 rings (SSSR count). The fourth-order valence-corrected chi connectivity index (χ4v) is 2.77. The summed E-state index contributed by atoms with van der Waals surface area (Å²) in [4.78, 5) is 18.5. The van der Waals surface area contributed by atoms with E-state index in [2.05, 4.69) is 10.1 Å². The van der Waals surface area contributed by atoms with Gasteiger partial charge in [0.1, 0.15) is 0 Å². The Kier molecular flexibility index (Phi) is 2.80. The molecule has 1 saturated carbocycles. The average Bonchev–Trinajstić information content (AvgIpc) is 3.08. The summed E-state index contributed by atoms with van der Waals surface area (Å²) in [6, 6.07) is 8.01. The van der Waals surface area contributed by atoms with Crippen LogP contribution in [0.2, 0.25) is 0 Å². The topological polar surface area (TPSA) is 59.2 Å². The van der Waals surface area contributed by atoms with E-state index in [1.54, 1.807) is 0 Å². The molecule has 1 aliphatic carbocycles. The Balaban J connectivity index is 1.53. The Morgan fingerprint density at radius 1 is 1.19 bits per heavy atom. The highest BCUT2D eigenvalue weighted by Crippen LogP contribution is 2.39. The van der Waals surface area contributed by atoms with Crippen molar-refractivity contribution in [2.45, 2.75) is 38.0 Å². The number of carbonyl (C=O) groups is 1. The van der Waals surface area contributed by atoms with Crippen LogP contribution in [-0.4, -0.2) is 22.6 Å². The van der Waals surface area contributed by atoms with Crippen LogP contribution < -0.4 is 4.90 Å². The summed E-state index contributed by atoms with van der Waals surface area (Å²) in [5.74, 6) is 2.03. The van der Waals surface area contributed by atoms with Crippen molar-refractivity contribution in [2.75, 3.05) is 11.4 Å². The number of nitrogens with zero attached hydrogens (tertiary/aromatic N) is 3. The van der Waals surface area contributed by atoms with E-state index in [9.17, 15) is 4.79 Å². The minimum absolute atomic E-state index is 0.0128. The summed E-state index contributed by atoms with van der Waals surface area (Å²) < 4.78 is 5.36. The second-order valence-corrected chi connectivity index (χ2v) is 6.01. The quantitative estimate of drug-likeness (QED) is 0.869. The fourth-order valence-electron chi connectivity index (χ4n) is 2.77. The first-order chi connectivity index (χ1) is 10.2. The van der Waals surface area contributed by atoms with E-state index in [4.69, 9.17) is 4.52 Å². The van der Waals surface area contributed by atoms with Crippen LogP contribution in [0, 0.1) is 6.92 Å². The van der Waals surface area contributed by atoms with Gasteiger partial charge in [-0.1, -0.05) is 22.9 Å². The lowest BCUT2D eigenvalue weighted by Crippen LogP contribution is -2.24. The van der Waals surface area contributed by atoms with Crippen molar-refractivity contribution in [3.8, 4) is 0 Å². The van der Waals surface area contributed by atoms with E-state index in [1.807, 2.05) is 36.1 Å². The summed E-state index contributed by atoms with van der Waals surface area (Å²) in [7, 11) is 0. The second-order valence-electron chi connectivity index (χ2n) is 6.01. The number of benzene rings is 1. The van der Waals surface area contributed by atoms with Gasteiger partial charge in [-0.3, -0.25) is 4.79 Å². The summed E-state index contributed by atoms with van der Waals surface area (Å²) in [5.41, 5.74) is 2.13. The molecule has 1 saturated heterocycles. The van der Waals surface area contributed by atoms with E-state index in [0.29, 0.717) is 24.8 Å². The number of rotatable bonds is 3. The monoisotopic (exact) mass is 283 g/mol. The number of amides is 1. The molecule has 108 valence electrons. The Bertz CT molecular complexity index is 673. The zero-order chi connectivity index (χ0) is 14.4. The van der Waals surface area contributed by atoms with Gasteiger partial charge in [0, 0.05) is 24.6 Å². The van der Waals surface area contributed by atoms with Crippen molar-refractivity contribution in [3.05, 3.63) is 41.5 Å². The summed E-state index contributed by atoms with van der Waals surface area (Å²) in [6.07, 6.45) is 2.75. The van der Waals surface area contributed by atoms with Crippen molar-refractivity contribution in [1.29, 1.82) is 0 Å². The fraction of sp³-hybridized carbons (Fsp3) is 0.438. The molecule has 1 aromatic carbocycles. The van der Waals surface area contributed by atoms with Gasteiger partial charge in [0.15, 0.2) is 5.82 Å². The van der Waals surface area contributed by atoms with Gasteiger partial charge in [0.25, 0.3) is 0 Å². The Morgan fingerprint density at radius 3 is 2.67 bits per heavy atom. The van der Waals surface area contributed by atoms with Gasteiger partial charge in [-0.2, -0.15) is 4.98 Å². The van der Waals surface area contributed by atoms with Crippen LogP contribution in [0.4, 0.5) is 5.69 Å². The minimum Gasteiger partial charge on any atom is -0.339 e. The summed E-state index contributed by atoms with van der Waals surface area (Å²) in [5, 5.41) is 4.04. The van der Waals surface area contributed by atoms with Gasteiger partial charge in [-0.15, -0.1) is 0 Å².